The van der Waals surface area contributed by atoms with Gasteiger partial charge >= 0.3 is 0 Å². The molecule has 2 aromatic heterocycles. The fraction of sp³-hybridized carbons (Fsp3) is 0.458. The van der Waals surface area contributed by atoms with Crippen LogP contribution in [-0.4, -0.2) is 59.4 Å². The van der Waals surface area contributed by atoms with E-state index in [9.17, 15) is 13.2 Å². The Labute approximate surface area is 198 Å². The van der Waals surface area contributed by atoms with Crippen LogP contribution in [0.4, 0.5) is 30.5 Å². The summed E-state index contributed by atoms with van der Waals surface area (Å²) in [5.41, 5.74) is 0.329. The monoisotopic (exact) mass is 484 g/mol. The fourth-order valence-electron chi connectivity index (χ4n) is 5.76. The van der Waals surface area contributed by atoms with E-state index in [1.165, 1.54) is 24.5 Å². The molecule has 0 unspecified atom stereocenters. The predicted octanol–water partition coefficient (Wildman–Crippen LogP) is 3.29. The molecule has 1 aliphatic carbocycles. The lowest BCUT2D eigenvalue weighted by molar-refractivity contribution is 0.0803. The second-order valence-corrected chi connectivity index (χ2v) is 10.0. The van der Waals surface area contributed by atoms with Crippen molar-refractivity contribution in [3.63, 3.8) is 0 Å². The Kier molecular flexibility index (Phi) is 4.62. The van der Waals surface area contributed by atoms with E-state index < -0.39 is 17.5 Å². The van der Waals surface area contributed by atoms with E-state index in [-0.39, 0.29) is 58.3 Å². The molecular formula is C24H23F3N6O2. The summed E-state index contributed by atoms with van der Waals surface area (Å²) >= 11 is 0. The van der Waals surface area contributed by atoms with Crippen molar-refractivity contribution in [2.45, 2.75) is 37.5 Å². The SMILES string of the molecule is Fc1cc2ncnc(Nc3ccc(OCC45COC(C4)C5)c(F)c3F)c2nc1N1C[C@@H]2C[C@H]1CN2. The highest BCUT2D eigenvalue weighted by atomic mass is 19.2. The molecule has 1 saturated carbocycles. The molecule has 8 nitrogen and oxygen atoms in total. The van der Waals surface area contributed by atoms with Crippen molar-refractivity contribution >= 4 is 28.4 Å². The lowest BCUT2D eigenvalue weighted by Crippen LogP contribution is -2.44. The van der Waals surface area contributed by atoms with Crippen molar-refractivity contribution in [1.29, 1.82) is 0 Å². The van der Waals surface area contributed by atoms with Gasteiger partial charge in [-0.25, -0.2) is 23.7 Å². The smallest absolute Gasteiger partial charge is 0.202 e. The largest absolute Gasteiger partial charge is 0.490 e. The number of nitrogens with zero attached hydrogens (tertiary/aromatic N) is 4. The van der Waals surface area contributed by atoms with Gasteiger partial charge in [0.1, 0.15) is 11.8 Å². The van der Waals surface area contributed by atoms with Crippen LogP contribution in [0.1, 0.15) is 19.3 Å². The molecule has 1 aromatic carbocycles. The number of halogens is 3. The molecule has 4 bridgehead atoms. The number of piperazine rings is 1. The Morgan fingerprint density at radius 2 is 2.09 bits per heavy atom. The number of rotatable bonds is 6. The normalized spacial score (nSPS) is 28.5. The van der Waals surface area contributed by atoms with E-state index in [1.807, 2.05) is 4.90 Å². The van der Waals surface area contributed by atoms with Crippen LogP contribution >= 0.6 is 0 Å². The van der Waals surface area contributed by atoms with Crippen molar-refractivity contribution < 1.29 is 22.6 Å². The highest BCUT2D eigenvalue weighted by molar-refractivity contribution is 5.88. The number of pyridine rings is 1. The first-order valence-corrected chi connectivity index (χ1v) is 11.8. The molecule has 0 radical (unpaired) electrons. The first kappa shape index (κ1) is 21.1. The quantitative estimate of drug-likeness (QED) is 0.552. The van der Waals surface area contributed by atoms with Crippen molar-refractivity contribution in [3.8, 4) is 5.75 Å². The van der Waals surface area contributed by atoms with Gasteiger partial charge in [-0.1, -0.05) is 0 Å². The zero-order chi connectivity index (χ0) is 23.7. The number of anilines is 3. The van der Waals surface area contributed by atoms with Gasteiger partial charge in [0.25, 0.3) is 0 Å². The molecule has 182 valence electrons. The highest BCUT2D eigenvalue weighted by Gasteiger charge is 2.52. The van der Waals surface area contributed by atoms with Gasteiger partial charge in [-0.3, -0.25) is 0 Å². The second-order valence-electron chi connectivity index (χ2n) is 10.0. The molecule has 5 fully saturated rings. The van der Waals surface area contributed by atoms with Gasteiger partial charge < -0.3 is 25.0 Å². The van der Waals surface area contributed by atoms with Crippen LogP contribution < -0.4 is 20.3 Å². The van der Waals surface area contributed by atoms with Gasteiger partial charge in [-0.05, 0) is 31.4 Å². The van der Waals surface area contributed by atoms with Crippen LogP contribution in [0.3, 0.4) is 0 Å². The summed E-state index contributed by atoms with van der Waals surface area (Å²) in [7, 11) is 0. The van der Waals surface area contributed by atoms with Crippen molar-refractivity contribution in [1.82, 2.24) is 20.3 Å². The van der Waals surface area contributed by atoms with Crippen molar-refractivity contribution in [2.24, 2.45) is 5.41 Å². The number of benzene rings is 1. The molecule has 35 heavy (non-hydrogen) atoms. The average molecular weight is 484 g/mol. The maximum Gasteiger partial charge on any atom is 0.202 e. The van der Waals surface area contributed by atoms with Crippen LogP contribution in [0.15, 0.2) is 24.5 Å². The lowest BCUT2D eigenvalue weighted by atomic mass is 9.71. The topological polar surface area (TPSA) is 84.4 Å². The van der Waals surface area contributed by atoms with Crippen LogP contribution in [0.5, 0.6) is 5.75 Å². The summed E-state index contributed by atoms with van der Waals surface area (Å²) in [5.74, 6) is -2.42. The van der Waals surface area contributed by atoms with Crippen molar-refractivity contribution in [2.75, 3.05) is 36.5 Å². The Balaban J connectivity index is 1.17. The number of fused-ring (bicyclic) bond motifs is 4. The van der Waals surface area contributed by atoms with Gasteiger partial charge in [0.15, 0.2) is 29.0 Å². The van der Waals surface area contributed by atoms with E-state index in [0.717, 1.165) is 25.8 Å². The Bertz CT molecular complexity index is 1330. The number of hydrogen-bond donors (Lipinski definition) is 2. The standard InChI is InChI=1S/C24H23F3N6O2/c25-15-4-17-21(32-23(15)33-8-12-3-13(33)7-28-12)22(30-11-29-17)31-16-1-2-18(20(27)19(16)26)35-10-24-5-14(6-24)34-9-24/h1-2,4,11-14,28H,3,5-10H2,(H,29,30,31)/t12-,13-,14?,24?/m0/s1. The second kappa shape index (κ2) is 7.66. The average Bonchev–Trinajstić information content (AvgIpc) is 3.62. The minimum atomic E-state index is -1.09. The van der Waals surface area contributed by atoms with Gasteiger partial charge in [0.05, 0.1) is 30.5 Å². The summed E-state index contributed by atoms with van der Waals surface area (Å²) in [6.45, 7) is 2.31. The summed E-state index contributed by atoms with van der Waals surface area (Å²) in [5, 5.41) is 6.19. The van der Waals surface area contributed by atoms with E-state index in [4.69, 9.17) is 9.47 Å². The van der Waals surface area contributed by atoms with Gasteiger partial charge in [0.2, 0.25) is 5.82 Å². The molecule has 6 heterocycles. The highest BCUT2D eigenvalue weighted by Crippen LogP contribution is 2.50. The lowest BCUT2D eigenvalue weighted by Gasteiger charge is -2.34. The van der Waals surface area contributed by atoms with E-state index in [0.29, 0.717) is 19.2 Å². The third-order valence-corrected chi connectivity index (χ3v) is 7.65. The molecule has 2 atom stereocenters. The number of nitrogens with one attached hydrogen (secondary N) is 2. The first-order valence-electron chi connectivity index (χ1n) is 11.8. The van der Waals surface area contributed by atoms with Crippen molar-refractivity contribution in [3.05, 3.63) is 42.0 Å². The molecule has 4 saturated heterocycles. The Morgan fingerprint density at radius 1 is 1.20 bits per heavy atom. The molecule has 0 spiro atoms. The van der Waals surface area contributed by atoms with Crippen LogP contribution in [0, 0.1) is 22.9 Å². The third-order valence-electron chi connectivity index (χ3n) is 7.65. The maximum atomic E-state index is 15.0. The van der Waals surface area contributed by atoms with E-state index in [2.05, 4.69) is 25.6 Å². The molecular weight excluding hydrogens is 461 g/mol. The van der Waals surface area contributed by atoms with Gasteiger partial charge in [-0.15, -0.1) is 0 Å². The van der Waals surface area contributed by atoms with Gasteiger partial charge in [-0.2, -0.15) is 4.39 Å². The summed E-state index contributed by atoms with van der Waals surface area (Å²) in [6, 6.07) is 4.56. The molecule has 4 aliphatic heterocycles. The predicted molar refractivity (Wildman–Crippen MR) is 121 cm³/mol. The summed E-state index contributed by atoms with van der Waals surface area (Å²) in [4.78, 5) is 14.7. The fourth-order valence-corrected chi connectivity index (χ4v) is 5.76. The van der Waals surface area contributed by atoms with Crippen LogP contribution in [0.25, 0.3) is 11.0 Å². The Morgan fingerprint density at radius 3 is 2.83 bits per heavy atom. The van der Waals surface area contributed by atoms with Gasteiger partial charge in [0, 0.05) is 36.7 Å². The zero-order valence-electron chi connectivity index (χ0n) is 18.7. The number of hydrogen-bond acceptors (Lipinski definition) is 8. The van der Waals surface area contributed by atoms with Crippen LogP contribution in [-0.2, 0) is 4.74 Å². The summed E-state index contributed by atoms with van der Waals surface area (Å²) < 4.78 is 55.8. The number of ether oxygens (including phenoxy) is 2. The van der Waals surface area contributed by atoms with Crippen LogP contribution in [0.2, 0.25) is 0 Å². The third kappa shape index (κ3) is 3.40. The Hall–Kier alpha value is -3.18. The molecule has 0 amide bonds. The molecule has 2 N–H and O–H groups in total. The molecule has 8 rings (SSSR count). The maximum absolute atomic E-state index is 15.0. The van der Waals surface area contributed by atoms with E-state index in [1.54, 1.807) is 0 Å². The summed E-state index contributed by atoms with van der Waals surface area (Å²) in [6.07, 6.45) is 4.22. The molecule has 3 aromatic rings. The first-order chi connectivity index (χ1) is 17.0. The minimum absolute atomic E-state index is 0.0894. The zero-order valence-corrected chi connectivity index (χ0v) is 18.7. The van der Waals surface area contributed by atoms with E-state index >= 15 is 0 Å². The molecule has 5 aliphatic rings. The minimum Gasteiger partial charge on any atom is -0.490 e. The number of aromatic nitrogens is 3. The molecule has 11 heteroatoms.